The first-order chi connectivity index (χ1) is 9.47. The highest BCUT2D eigenvalue weighted by molar-refractivity contribution is 6.19. The average molecular weight is 303 g/mol. The van der Waals surface area contributed by atoms with E-state index in [2.05, 4.69) is 5.32 Å². The summed E-state index contributed by atoms with van der Waals surface area (Å²) in [4.78, 5) is 35.6. The Morgan fingerprint density at radius 2 is 2.15 bits per heavy atom. The molecule has 0 aromatic carbocycles. The molecule has 1 aliphatic carbocycles. The maximum absolute atomic E-state index is 11.9. The van der Waals surface area contributed by atoms with E-state index in [1.165, 1.54) is 7.05 Å². The van der Waals surface area contributed by atoms with Crippen molar-refractivity contribution in [2.24, 2.45) is 5.92 Å². The van der Waals surface area contributed by atoms with Gasteiger partial charge in [-0.05, 0) is 25.2 Å². The van der Waals surface area contributed by atoms with E-state index in [1.807, 2.05) is 12.2 Å². The number of halogens is 1. The van der Waals surface area contributed by atoms with Gasteiger partial charge in [0, 0.05) is 19.3 Å². The first kappa shape index (κ1) is 16.5. The van der Waals surface area contributed by atoms with Crippen molar-refractivity contribution >= 4 is 29.5 Å². The van der Waals surface area contributed by atoms with Crippen LogP contribution in [-0.4, -0.2) is 46.9 Å². The molecule has 0 aromatic rings. The fraction of sp³-hybridized carbons (Fsp3) is 0.615. The fourth-order valence-corrected chi connectivity index (χ4v) is 2.25. The molecule has 2 atom stereocenters. The van der Waals surface area contributed by atoms with Crippen LogP contribution in [0.3, 0.4) is 0 Å². The highest BCUT2D eigenvalue weighted by atomic mass is 35.5. The Balaban J connectivity index is 2.65. The number of alkyl halides is 1. The van der Waals surface area contributed by atoms with Gasteiger partial charge in [-0.3, -0.25) is 9.69 Å². The normalized spacial score (nSPS) is 19.2. The van der Waals surface area contributed by atoms with Crippen LogP contribution in [0.4, 0.5) is 4.79 Å². The summed E-state index contributed by atoms with van der Waals surface area (Å²) in [6.45, 7) is 0. The molecule has 0 aliphatic heterocycles. The van der Waals surface area contributed by atoms with Crippen LogP contribution in [0.5, 0.6) is 0 Å². The summed E-state index contributed by atoms with van der Waals surface area (Å²) in [5.41, 5.74) is 0. The number of aliphatic carboxylic acids is 1. The van der Waals surface area contributed by atoms with Crippen LogP contribution in [0.25, 0.3) is 0 Å². The molecule has 0 heterocycles. The van der Waals surface area contributed by atoms with Gasteiger partial charge in [-0.1, -0.05) is 12.2 Å². The van der Waals surface area contributed by atoms with E-state index < -0.39 is 23.9 Å². The molecule has 0 fully saturated rings. The Hall–Kier alpha value is -1.56. The molecule has 2 unspecified atom stereocenters. The number of imide groups is 1. The summed E-state index contributed by atoms with van der Waals surface area (Å²) < 4.78 is 0. The number of urea groups is 1. The Morgan fingerprint density at radius 1 is 1.45 bits per heavy atom. The van der Waals surface area contributed by atoms with E-state index in [1.54, 1.807) is 0 Å². The fourth-order valence-electron chi connectivity index (χ4n) is 2.09. The van der Waals surface area contributed by atoms with Gasteiger partial charge >= 0.3 is 12.0 Å². The predicted octanol–water partition coefficient (Wildman–Crippen LogP) is 1.59. The van der Waals surface area contributed by atoms with E-state index in [-0.39, 0.29) is 18.2 Å². The molecular formula is C13H19ClN2O4. The van der Waals surface area contributed by atoms with E-state index in [0.717, 1.165) is 11.3 Å². The number of rotatable bonds is 5. The van der Waals surface area contributed by atoms with Crippen molar-refractivity contribution in [1.29, 1.82) is 0 Å². The SMILES string of the molecule is CN(C(=O)CCCl)C(=O)NC(C(=O)O)C1CC=CCC1. The lowest BCUT2D eigenvalue weighted by atomic mass is 9.88. The third-order valence-electron chi connectivity index (χ3n) is 3.31. The van der Waals surface area contributed by atoms with Gasteiger partial charge < -0.3 is 10.4 Å². The van der Waals surface area contributed by atoms with Crippen molar-refractivity contribution in [3.05, 3.63) is 12.2 Å². The highest BCUT2D eigenvalue weighted by Gasteiger charge is 2.31. The Morgan fingerprint density at radius 3 is 2.65 bits per heavy atom. The number of hydrogen-bond acceptors (Lipinski definition) is 3. The van der Waals surface area contributed by atoms with Gasteiger partial charge in [-0.2, -0.15) is 0 Å². The van der Waals surface area contributed by atoms with Crippen LogP contribution in [0, 0.1) is 5.92 Å². The zero-order valence-electron chi connectivity index (χ0n) is 11.3. The largest absolute Gasteiger partial charge is 0.480 e. The number of carbonyl (C=O) groups excluding carboxylic acids is 2. The second-order valence-corrected chi connectivity index (χ2v) is 5.08. The molecule has 1 rings (SSSR count). The molecule has 3 amide bonds. The van der Waals surface area contributed by atoms with Crippen LogP contribution in [-0.2, 0) is 9.59 Å². The van der Waals surface area contributed by atoms with E-state index in [4.69, 9.17) is 11.6 Å². The van der Waals surface area contributed by atoms with Gasteiger partial charge in [0.05, 0.1) is 0 Å². The number of carboxylic acids is 1. The number of carboxylic acid groups (broad SMARTS) is 1. The lowest BCUT2D eigenvalue weighted by molar-refractivity contribution is -0.141. The van der Waals surface area contributed by atoms with Crippen molar-refractivity contribution in [2.75, 3.05) is 12.9 Å². The summed E-state index contributed by atoms with van der Waals surface area (Å²) in [6, 6.07) is -1.69. The lowest BCUT2D eigenvalue weighted by Gasteiger charge is -2.27. The second-order valence-electron chi connectivity index (χ2n) is 4.70. The van der Waals surface area contributed by atoms with Crippen molar-refractivity contribution in [3.63, 3.8) is 0 Å². The number of nitrogens with zero attached hydrogens (tertiary/aromatic N) is 1. The van der Waals surface area contributed by atoms with Crippen LogP contribution in [0.15, 0.2) is 12.2 Å². The van der Waals surface area contributed by atoms with E-state index in [0.29, 0.717) is 12.8 Å². The van der Waals surface area contributed by atoms with Gasteiger partial charge in [0.25, 0.3) is 0 Å². The molecule has 112 valence electrons. The molecule has 1 aliphatic rings. The number of hydrogen-bond donors (Lipinski definition) is 2. The zero-order valence-corrected chi connectivity index (χ0v) is 12.1. The third kappa shape index (κ3) is 4.52. The Labute approximate surface area is 122 Å². The average Bonchev–Trinajstić information content (AvgIpc) is 2.44. The molecule has 2 N–H and O–H groups in total. The molecule has 6 nitrogen and oxygen atoms in total. The molecule has 0 bridgehead atoms. The quantitative estimate of drug-likeness (QED) is 0.596. The summed E-state index contributed by atoms with van der Waals surface area (Å²) in [5, 5.41) is 11.6. The van der Waals surface area contributed by atoms with Crippen molar-refractivity contribution in [3.8, 4) is 0 Å². The first-order valence-electron chi connectivity index (χ1n) is 6.48. The summed E-state index contributed by atoms with van der Waals surface area (Å²) in [6.07, 6.45) is 6.05. The van der Waals surface area contributed by atoms with E-state index >= 15 is 0 Å². The number of nitrogens with one attached hydrogen (secondary N) is 1. The topological polar surface area (TPSA) is 86.7 Å². The van der Waals surface area contributed by atoms with Crippen molar-refractivity contribution in [1.82, 2.24) is 10.2 Å². The minimum atomic E-state index is -1.09. The van der Waals surface area contributed by atoms with Gasteiger partial charge in [0.2, 0.25) is 5.91 Å². The Bertz CT molecular complexity index is 411. The highest BCUT2D eigenvalue weighted by Crippen LogP contribution is 2.22. The van der Waals surface area contributed by atoms with Gasteiger partial charge in [-0.15, -0.1) is 11.6 Å². The lowest BCUT2D eigenvalue weighted by Crippen LogP contribution is -2.51. The minimum Gasteiger partial charge on any atom is -0.480 e. The number of allylic oxidation sites excluding steroid dienone is 2. The van der Waals surface area contributed by atoms with Crippen molar-refractivity contribution in [2.45, 2.75) is 31.7 Å². The molecule has 20 heavy (non-hydrogen) atoms. The van der Waals surface area contributed by atoms with Crippen LogP contribution < -0.4 is 5.32 Å². The molecule has 0 saturated carbocycles. The molecule has 0 saturated heterocycles. The third-order valence-corrected chi connectivity index (χ3v) is 3.50. The smallest absolute Gasteiger partial charge is 0.326 e. The maximum Gasteiger partial charge on any atom is 0.326 e. The predicted molar refractivity (Wildman–Crippen MR) is 74.5 cm³/mol. The van der Waals surface area contributed by atoms with Crippen LogP contribution >= 0.6 is 11.6 Å². The standard InChI is InChI=1S/C13H19ClN2O4/c1-16(10(17)7-8-14)13(20)15-11(12(18)19)9-5-3-2-4-6-9/h2-3,9,11H,4-8H2,1H3,(H,15,20)(H,18,19). The first-order valence-corrected chi connectivity index (χ1v) is 7.01. The molecule has 0 spiro atoms. The maximum atomic E-state index is 11.9. The van der Waals surface area contributed by atoms with Crippen LogP contribution in [0.2, 0.25) is 0 Å². The molecule has 7 heteroatoms. The summed E-state index contributed by atoms with van der Waals surface area (Å²) in [7, 11) is 1.31. The monoisotopic (exact) mass is 302 g/mol. The molecule has 0 aromatic heterocycles. The second kappa shape index (κ2) is 7.89. The van der Waals surface area contributed by atoms with Gasteiger partial charge in [0.15, 0.2) is 0 Å². The minimum absolute atomic E-state index is 0.0371. The van der Waals surface area contributed by atoms with Gasteiger partial charge in [0.1, 0.15) is 6.04 Å². The van der Waals surface area contributed by atoms with Crippen molar-refractivity contribution < 1.29 is 19.5 Å². The Kier molecular flexibility index (Phi) is 6.51. The molecular weight excluding hydrogens is 284 g/mol. The summed E-state index contributed by atoms with van der Waals surface area (Å²) in [5.74, 6) is -1.56. The number of carbonyl (C=O) groups is 3. The molecule has 0 radical (unpaired) electrons. The zero-order chi connectivity index (χ0) is 15.1. The van der Waals surface area contributed by atoms with Crippen LogP contribution in [0.1, 0.15) is 25.7 Å². The van der Waals surface area contributed by atoms with E-state index in [9.17, 15) is 19.5 Å². The summed E-state index contributed by atoms with van der Waals surface area (Å²) >= 11 is 5.44. The number of amides is 3. The van der Waals surface area contributed by atoms with Gasteiger partial charge in [-0.25, -0.2) is 9.59 Å².